The molecule has 0 aromatic heterocycles. The van der Waals surface area contributed by atoms with Crippen LogP contribution < -0.4 is 14.8 Å². The molecule has 0 unspecified atom stereocenters. The lowest BCUT2D eigenvalue weighted by Crippen LogP contribution is -2.44. The van der Waals surface area contributed by atoms with Crippen LogP contribution in [0, 0.1) is 0 Å². The fourth-order valence-corrected chi connectivity index (χ4v) is 3.40. The van der Waals surface area contributed by atoms with Gasteiger partial charge in [0.1, 0.15) is 0 Å². The van der Waals surface area contributed by atoms with E-state index < -0.39 is 0 Å². The minimum Gasteiger partial charge on any atom is -0.454 e. The molecule has 1 saturated heterocycles. The van der Waals surface area contributed by atoms with Gasteiger partial charge in [0.25, 0.3) is 0 Å². The van der Waals surface area contributed by atoms with Gasteiger partial charge in [0, 0.05) is 25.2 Å². The first-order chi connectivity index (χ1) is 11.7. The predicted molar refractivity (Wildman–Crippen MR) is 94.5 cm³/mol. The molecule has 1 fully saturated rings. The fourth-order valence-electron chi connectivity index (χ4n) is 3.12. The number of amides is 1. The predicted octanol–water partition coefficient (Wildman–Crippen LogP) is 3.07. The van der Waals surface area contributed by atoms with Crippen LogP contribution in [-0.2, 0) is 4.79 Å². The van der Waals surface area contributed by atoms with Gasteiger partial charge in [-0.15, -0.1) is 0 Å². The summed E-state index contributed by atoms with van der Waals surface area (Å²) >= 11 is 6.14. The number of carbonyl (C=O) groups excluding carboxylic acids is 1. The Morgan fingerprint density at radius 2 is 2.17 bits per heavy atom. The van der Waals surface area contributed by atoms with Gasteiger partial charge < -0.3 is 19.7 Å². The Balaban J connectivity index is 1.52. The first-order valence-electron chi connectivity index (χ1n) is 8.46. The van der Waals surface area contributed by atoms with Crippen molar-refractivity contribution in [2.24, 2.45) is 0 Å². The number of hydrogen-bond acceptors (Lipinski definition) is 4. The maximum absolute atomic E-state index is 12.1. The van der Waals surface area contributed by atoms with Gasteiger partial charge in [-0.25, -0.2) is 0 Å². The molecule has 5 nitrogen and oxygen atoms in total. The molecule has 3 rings (SSSR count). The molecule has 130 valence electrons. The summed E-state index contributed by atoms with van der Waals surface area (Å²) in [5.74, 6) is 1.11. The van der Waals surface area contributed by atoms with Gasteiger partial charge in [-0.1, -0.05) is 18.5 Å². The van der Waals surface area contributed by atoms with Crippen LogP contribution in [0.15, 0.2) is 18.2 Å². The van der Waals surface area contributed by atoms with Gasteiger partial charge >= 0.3 is 0 Å². The summed E-state index contributed by atoms with van der Waals surface area (Å²) in [4.78, 5) is 14.6. The van der Waals surface area contributed by atoms with Crippen LogP contribution in [0.3, 0.4) is 0 Å². The molecule has 6 heteroatoms. The fraction of sp³-hybridized carbons (Fsp3) is 0.500. The summed E-state index contributed by atoms with van der Waals surface area (Å²) < 4.78 is 10.6. The number of benzene rings is 1. The van der Waals surface area contributed by atoms with E-state index in [1.54, 1.807) is 18.2 Å². The number of ether oxygens (including phenoxy) is 2. The number of carbonyl (C=O) groups is 1. The summed E-state index contributed by atoms with van der Waals surface area (Å²) in [6, 6.07) is 3.85. The van der Waals surface area contributed by atoms with E-state index in [0.717, 1.165) is 38.0 Å². The van der Waals surface area contributed by atoms with E-state index in [9.17, 15) is 4.79 Å². The molecular formula is C18H23ClN2O3. The van der Waals surface area contributed by atoms with Crippen molar-refractivity contribution in [2.75, 3.05) is 26.4 Å². The molecule has 2 aliphatic rings. The van der Waals surface area contributed by atoms with Crippen LogP contribution >= 0.6 is 11.6 Å². The van der Waals surface area contributed by atoms with Crippen molar-refractivity contribution in [3.63, 3.8) is 0 Å². The Labute approximate surface area is 147 Å². The number of nitrogens with one attached hydrogen (secondary N) is 1. The largest absolute Gasteiger partial charge is 0.454 e. The van der Waals surface area contributed by atoms with Gasteiger partial charge in [-0.05, 0) is 49.6 Å². The summed E-state index contributed by atoms with van der Waals surface area (Å²) in [5.41, 5.74) is 0.817. The van der Waals surface area contributed by atoms with Crippen LogP contribution in [0.1, 0.15) is 31.7 Å². The summed E-state index contributed by atoms with van der Waals surface area (Å²) in [7, 11) is 0. The average molecular weight is 351 g/mol. The highest BCUT2D eigenvalue weighted by atomic mass is 35.5. The quantitative estimate of drug-likeness (QED) is 0.829. The number of fused-ring (bicyclic) bond motifs is 1. The Bertz CT molecular complexity index is 625. The van der Waals surface area contributed by atoms with Crippen molar-refractivity contribution < 1.29 is 14.3 Å². The van der Waals surface area contributed by atoms with Gasteiger partial charge in [-0.2, -0.15) is 0 Å². The molecule has 0 atom stereocenters. The molecule has 24 heavy (non-hydrogen) atoms. The molecule has 1 aromatic rings. The highest BCUT2D eigenvalue weighted by molar-refractivity contribution is 6.32. The van der Waals surface area contributed by atoms with Gasteiger partial charge in [0.15, 0.2) is 11.5 Å². The molecule has 0 radical (unpaired) electrons. The molecule has 0 bridgehead atoms. The molecule has 0 saturated carbocycles. The van der Waals surface area contributed by atoms with Crippen LogP contribution in [-0.4, -0.2) is 43.3 Å². The third-order valence-corrected chi connectivity index (χ3v) is 4.63. The van der Waals surface area contributed by atoms with E-state index in [1.165, 1.54) is 6.42 Å². The van der Waals surface area contributed by atoms with Crippen molar-refractivity contribution in [1.29, 1.82) is 0 Å². The molecule has 1 amide bonds. The van der Waals surface area contributed by atoms with Gasteiger partial charge in [-0.3, -0.25) is 4.79 Å². The van der Waals surface area contributed by atoms with E-state index in [4.69, 9.17) is 21.1 Å². The van der Waals surface area contributed by atoms with Crippen LogP contribution in [0.25, 0.3) is 6.08 Å². The van der Waals surface area contributed by atoms with Crippen molar-refractivity contribution in [3.05, 3.63) is 28.8 Å². The van der Waals surface area contributed by atoms with E-state index in [0.29, 0.717) is 16.5 Å². The summed E-state index contributed by atoms with van der Waals surface area (Å²) in [5, 5.41) is 3.57. The SMILES string of the molecule is CCCN1CCC(NC(=O)/C=C/c2cc(Cl)c3c(c2)OCO3)CC1. The first-order valence-corrected chi connectivity index (χ1v) is 8.83. The van der Waals surface area contributed by atoms with E-state index in [1.807, 2.05) is 6.07 Å². The van der Waals surface area contributed by atoms with Gasteiger partial charge in [0.2, 0.25) is 12.7 Å². The Morgan fingerprint density at radius 1 is 1.38 bits per heavy atom. The number of likely N-dealkylation sites (tertiary alicyclic amines) is 1. The zero-order valence-electron chi connectivity index (χ0n) is 13.9. The Hall–Kier alpha value is -1.72. The molecule has 2 heterocycles. The number of hydrogen-bond donors (Lipinski definition) is 1. The van der Waals surface area contributed by atoms with Crippen molar-refractivity contribution in [1.82, 2.24) is 10.2 Å². The molecule has 0 spiro atoms. The topological polar surface area (TPSA) is 50.8 Å². The Kier molecular flexibility index (Phi) is 5.63. The molecular weight excluding hydrogens is 328 g/mol. The van der Waals surface area contributed by atoms with E-state index in [2.05, 4.69) is 17.1 Å². The van der Waals surface area contributed by atoms with Gasteiger partial charge in [0.05, 0.1) is 5.02 Å². The lowest BCUT2D eigenvalue weighted by atomic mass is 10.0. The third kappa shape index (κ3) is 4.22. The van der Waals surface area contributed by atoms with Crippen LogP contribution in [0.4, 0.5) is 0 Å². The van der Waals surface area contributed by atoms with Crippen molar-refractivity contribution in [2.45, 2.75) is 32.2 Å². The second-order valence-corrected chi connectivity index (χ2v) is 6.60. The maximum Gasteiger partial charge on any atom is 0.244 e. The Morgan fingerprint density at radius 3 is 2.92 bits per heavy atom. The number of rotatable bonds is 5. The zero-order chi connectivity index (χ0) is 16.9. The number of piperidine rings is 1. The monoisotopic (exact) mass is 350 g/mol. The highest BCUT2D eigenvalue weighted by Crippen LogP contribution is 2.40. The standard InChI is InChI=1S/C18H23ClN2O3/c1-2-7-21-8-5-14(6-9-21)20-17(22)4-3-13-10-15(19)18-16(11-13)23-12-24-18/h3-4,10-11,14H,2,5-9,12H2,1H3,(H,20,22)/b4-3+. The smallest absolute Gasteiger partial charge is 0.244 e. The average Bonchev–Trinajstić information content (AvgIpc) is 3.04. The lowest BCUT2D eigenvalue weighted by Gasteiger charge is -2.31. The molecule has 1 aromatic carbocycles. The second-order valence-electron chi connectivity index (χ2n) is 6.19. The molecule has 2 aliphatic heterocycles. The van der Waals surface area contributed by atoms with Crippen molar-refractivity contribution >= 4 is 23.6 Å². The highest BCUT2D eigenvalue weighted by Gasteiger charge is 2.20. The zero-order valence-corrected chi connectivity index (χ0v) is 14.6. The van der Waals surface area contributed by atoms with Crippen LogP contribution in [0.5, 0.6) is 11.5 Å². The first kappa shape index (κ1) is 17.1. The van der Waals surface area contributed by atoms with Crippen LogP contribution in [0.2, 0.25) is 5.02 Å². The lowest BCUT2D eigenvalue weighted by molar-refractivity contribution is -0.117. The summed E-state index contributed by atoms with van der Waals surface area (Å²) in [6.45, 7) is 5.63. The number of halogens is 1. The minimum atomic E-state index is -0.0715. The summed E-state index contributed by atoms with van der Waals surface area (Å²) in [6.07, 6.45) is 6.49. The molecule has 0 aliphatic carbocycles. The maximum atomic E-state index is 12.1. The van der Waals surface area contributed by atoms with E-state index >= 15 is 0 Å². The number of nitrogens with zero attached hydrogens (tertiary/aromatic N) is 1. The second kappa shape index (κ2) is 7.90. The molecule has 1 N–H and O–H groups in total. The normalized spacial score (nSPS) is 18.2. The third-order valence-electron chi connectivity index (χ3n) is 4.35. The minimum absolute atomic E-state index is 0.0715. The van der Waals surface area contributed by atoms with E-state index in [-0.39, 0.29) is 18.7 Å². The van der Waals surface area contributed by atoms with Crippen molar-refractivity contribution in [3.8, 4) is 11.5 Å².